The summed E-state index contributed by atoms with van der Waals surface area (Å²) in [6.07, 6.45) is 16.5. The van der Waals surface area contributed by atoms with Crippen LogP contribution >= 0.6 is 0 Å². The first-order valence-electron chi connectivity index (χ1n) is 14.1. The van der Waals surface area contributed by atoms with Crippen molar-refractivity contribution in [1.29, 1.82) is 0 Å². The lowest BCUT2D eigenvalue weighted by molar-refractivity contribution is -0.227. The first kappa shape index (κ1) is 23.3. The zero-order valence-corrected chi connectivity index (χ0v) is 21.3. The van der Waals surface area contributed by atoms with Crippen LogP contribution in [0.1, 0.15) is 83.6 Å². The van der Waals surface area contributed by atoms with Gasteiger partial charge < -0.3 is 14.6 Å². The number of hydrogen-bond donors (Lipinski definition) is 1. The van der Waals surface area contributed by atoms with E-state index in [1.807, 2.05) is 0 Å². The predicted octanol–water partition coefficient (Wildman–Crippen LogP) is 6.85. The standard InChI is InChI=1S/C31H44O3/c1-29-17-14-24(32)21-23(29)10-11-25-26-12-13-28(30(26,2)18-15-27(25)29)31(33-19-20-34-31)16-6-9-22-7-4-3-5-8-22/h3-9,23-28,32H,10-21H2,1-2H3/b9-6+/t23-,24+,25-,26-,27-,28-,29-,30-/m0/s1. The summed E-state index contributed by atoms with van der Waals surface area (Å²) in [6, 6.07) is 10.6. The third-order valence-corrected chi connectivity index (χ3v) is 11.5. The van der Waals surface area contributed by atoms with Crippen LogP contribution in [0.15, 0.2) is 36.4 Å². The lowest BCUT2D eigenvalue weighted by atomic mass is 9.44. The van der Waals surface area contributed by atoms with E-state index < -0.39 is 5.79 Å². The van der Waals surface area contributed by atoms with E-state index in [2.05, 4.69) is 56.3 Å². The lowest BCUT2D eigenvalue weighted by Crippen LogP contribution is -2.56. The largest absolute Gasteiger partial charge is 0.393 e. The number of rotatable bonds is 4. The molecule has 3 heteroatoms. The fraction of sp³-hybridized carbons (Fsp3) is 0.742. The van der Waals surface area contributed by atoms with Gasteiger partial charge in [0.25, 0.3) is 0 Å². The molecule has 0 aromatic heterocycles. The zero-order chi connectivity index (χ0) is 23.4. The smallest absolute Gasteiger partial charge is 0.175 e. The van der Waals surface area contributed by atoms with Crippen molar-refractivity contribution in [1.82, 2.24) is 0 Å². The minimum absolute atomic E-state index is 0.0557. The summed E-state index contributed by atoms with van der Waals surface area (Å²) < 4.78 is 13.1. The fourth-order valence-corrected chi connectivity index (χ4v) is 9.81. The minimum atomic E-state index is -0.447. The molecular formula is C31H44O3. The summed E-state index contributed by atoms with van der Waals surface area (Å²) in [5, 5.41) is 10.3. The van der Waals surface area contributed by atoms with Crippen LogP contribution in [0.2, 0.25) is 0 Å². The summed E-state index contributed by atoms with van der Waals surface area (Å²) in [7, 11) is 0. The van der Waals surface area contributed by atoms with Gasteiger partial charge in [-0.05, 0) is 97.9 Å². The van der Waals surface area contributed by atoms with Gasteiger partial charge in [-0.25, -0.2) is 0 Å². The highest BCUT2D eigenvalue weighted by atomic mass is 16.7. The number of hydrogen-bond acceptors (Lipinski definition) is 3. The van der Waals surface area contributed by atoms with Crippen molar-refractivity contribution < 1.29 is 14.6 Å². The van der Waals surface area contributed by atoms with Gasteiger partial charge >= 0.3 is 0 Å². The van der Waals surface area contributed by atoms with Gasteiger partial charge in [0.2, 0.25) is 0 Å². The Morgan fingerprint density at radius 2 is 1.62 bits per heavy atom. The Morgan fingerprint density at radius 1 is 0.882 bits per heavy atom. The maximum absolute atomic E-state index is 10.3. The van der Waals surface area contributed by atoms with Gasteiger partial charge in [0.15, 0.2) is 5.79 Å². The van der Waals surface area contributed by atoms with E-state index in [4.69, 9.17) is 9.47 Å². The van der Waals surface area contributed by atoms with Crippen LogP contribution in [0, 0.1) is 40.4 Å². The molecule has 6 rings (SSSR count). The molecule has 5 fully saturated rings. The van der Waals surface area contributed by atoms with Crippen LogP contribution in [0.25, 0.3) is 6.08 Å². The molecule has 1 N–H and O–H groups in total. The average Bonchev–Trinajstić information content (AvgIpc) is 3.45. The van der Waals surface area contributed by atoms with Crippen molar-refractivity contribution >= 4 is 6.08 Å². The van der Waals surface area contributed by atoms with E-state index in [0.717, 1.165) is 56.1 Å². The summed E-state index contributed by atoms with van der Waals surface area (Å²) in [5.41, 5.74) is 2.00. The molecule has 186 valence electrons. The van der Waals surface area contributed by atoms with Gasteiger partial charge in [-0.2, -0.15) is 0 Å². The van der Waals surface area contributed by atoms with E-state index >= 15 is 0 Å². The number of fused-ring (bicyclic) bond motifs is 5. The molecule has 1 saturated heterocycles. The summed E-state index contributed by atoms with van der Waals surface area (Å²) in [5.74, 6) is 3.25. The van der Waals surface area contributed by atoms with Crippen LogP contribution in [0.4, 0.5) is 0 Å². The molecule has 4 saturated carbocycles. The van der Waals surface area contributed by atoms with Crippen molar-refractivity contribution in [2.24, 2.45) is 40.4 Å². The Morgan fingerprint density at radius 3 is 2.41 bits per heavy atom. The minimum Gasteiger partial charge on any atom is -0.393 e. The van der Waals surface area contributed by atoms with Crippen molar-refractivity contribution in [3.8, 4) is 0 Å². The molecule has 8 atom stereocenters. The maximum Gasteiger partial charge on any atom is 0.175 e. The summed E-state index contributed by atoms with van der Waals surface area (Å²) >= 11 is 0. The van der Waals surface area contributed by atoms with E-state index in [0.29, 0.717) is 16.7 Å². The van der Waals surface area contributed by atoms with Crippen LogP contribution < -0.4 is 0 Å². The molecule has 4 aliphatic carbocycles. The molecule has 5 aliphatic rings. The second kappa shape index (κ2) is 8.75. The second-order valence-electron chi connectivity index (χ2n) is 12.8. The molecule has 0 radical (unpaired) electrons. The van der Waals surface area contributed by atoms with Gasteiger partial charge in [-0.1, -0.05) is 56.3 Å². The van der Waals surface area contributed by atoms with Crippen molar-refractivity contribution in [2.45, 2.75) is 89.9 Å². The number of aliphatic hydroxyl groups excluding tert-OH is 1. The van der Waals surface area contributed by atoms with Crippen LogP contribution in [-0.2, 0) is 9.47 Å². The molecule has 1 aromatic carbocycles. The molecule has 0 unspecified atom stereocenters. The van der Waals surface area contributed by atoms with Crippen molar-refractivity contribution in [3.63, 3.8) is 0 Å². The lowest BCUT2D eigenvalue weighted by Gasteiger charge is -2.61. The SMILES string of the molecule is C[C@]12CC[C@@H](O)C[C@@H]1CC[C@@H]1[C@@H]2CC[C@]2(C)[C@@H](C3(C/C=C/c4ccccc4)OCCO3)CC[C@@H]12. The first-order chi connectivity index (χ1) is 16.4. The van der Waals surface area contributed by atoms with E-state index in [-0.39, 0.29) is 6.10 Å². The average molecular weight is 465 g/mol. The predicted molar refractivity (Wildman–Crippen MR) is 136 cm³/mol. The Hall–Kier alpha value is -1.16. The zero-order valence-electron chi connectivity index (χ0n) is 21.3. The van der Waals surface area contributed by atoms with Gasteiger partial charge in [0, 0.05) is 12.3 Å². The highest BCUT2D eigenvalue weighted by molar-refractivity contribution is 5.48. The molecule has 0 amide bonds. The Labute approximate surface area is 206 Å². The Bertz CT molecular complexity index is 889. The van der Waals surface area contributed by atoms with E-state index in [9.17, 15) is 5.11 Å². The highest BCUT2D eigenvalue weighted by Crippen LogP contribution is 2.69. The molecule has 3 nitrogen and oxygen atoms in total. The third-order valence-electron chi connectivity index (χ3n) is 11.5. The third kappa shape index (κ3) is 3.64. The molecular weight excluding hydrogens is 420 g/mol. The summed E-state index contributed by atoms with van der Waals surface area (Å²) in [4.78, 5) is 0. The van der Waals surface area contributed by atoms with E-state index in [1.54, 1.807) is 0 Å². The van der Waals surface area contributed by atoms with Gasteiger partial charge in [0.1, 0.15) is 0 Å². The molecule has 0 bridgehead atoms. The maximum atomic E-state index is 10.3. The normalized spacial score (nSPS) is 45.6. The monoisotopic (exact) mass is 464 g/mol. The number of ether oxygens (including phenoxy) is 2. The van der Waals surface area contributed by atoms with Gasteiger partial charge in [0.05, 0.1) is 19.3 Å². The van der Waals surface area contributed by atoms with Gasteiger partial charge in [-0.15, -0.1) is 0 Å². The molecule has 1 aromatic rings. The van der Waals surface area contributed by atoms with Crippen molar-refractivity contribution in [2.75, 3.05) is 13.2 Å². The van der Waals surface area contributed by atoms with E-state index in [1.165, 1.54) is 50.5 Å². The molecule has 1 aliphatic heterocycles. The van der Waals surface area contributed by atoms with Crippen LogP contribution in [0.5, 0.6) is 0 Å². The molecule has 1 heterocycles. The van der Waals surface area contributed by atoms with Gasteiger partial charge in [-0.3, -0.25) is 0 Å². The van der Waals surface area contributed by atoms with Crippen LogP contribution in [-0.4, -0.2) is 30.2 Å². The second-order valence-corrected chi connectivity index (χ2v) is 12.8. The first-order valence-corrected chi connectivity index (χ1v) is 14.1. The Balaban J connectivity index is 1.23. The topological polar surface area (TPSA) is 38.7 Å². The number of aliphatic hydroxyl groups is 1. The fourth-order valence-electron chi connectivity index (χ4n) is 9.81. The molecule has 34 heavy (non-hydrogen) atoms. The highest BCUT2D eigenvalue weighted by Gasteiger charge is 2.64. The molecule has 0 spiro atoms. The van der Waals surface area contributed by atoms with Crippen LogP contribution in [0.3, 0.4) is 0 Å². The quantitative estimate of drug-likeness (QED) is 0.529. The van der Waals surface area contributed by atoms with Crippen molar-refractivity contribution in [3.05, 3.63) is 42.0 Å². The number of benzene rings is 1. The summed E-state index contributed by atoms with van der Waals surface area (Å²) in [6.45, 7) is 6.64. The Kier molecular flexibility index (Phi) is 5.98.